The minimum Gasteiger partial charge on any atom is -0.307 e. The molecule has 1 unspecified atom stereocenters. The number of anilines is 1. The largest absolute Gasteiger partial charge is 0.307 e. The van der Waals surface area contributed by atoms with Crippen molar-refractivity contribution in [2.24, 2.45) is 0 Å². The average molecular weight is 477 g/mol. The lowest BCUT2D eigenvalue weighted by atomic mass is 9.81. The lowest BCUT2D eigenvalue weighted by molar-refractivity contribution is -0.123. The number of fused-ring (bicyclic) bond motifs is 2. The zero-order chi connectivity index (χ0) is 24.2. The summed E-state index contributed by atoms with van der Waals surface area (Å²) in [6.07, 6.45) is 8.93. The van der Waals surface area contributed by atoms with E-state index in [0.717, 1.165) is 24.2 Å². The lowest BCUT2D eigenvalue weighted by Crippen LogP contribution is -2.43. The molecule has 1 spiro atoms. The molecule has 2 aromatic carbocycles. The van der Waals surface area contributed by atoms with Crippen LogP contribution in [-0.2, 0) is 23.3 Å². The number of aromatic nitrogens is 2. The van der Waals surface area contributed by atoms with Gasteiger partial charge in [-0.3, -0.25) is 14.4 Å². The molecule has 1 amide bonds. The Morgan fingerprint density at radius 1 is 1.11 bits per heavy atom. The van der Waals surface area contributed by atoms with Crippen LogP contribution in [0.3, 0.4) is 0 Å². The first-order valence-corrected chi connectivity index (χ1v) is 12.7. The van der Waals surface area contributed by atoms with E-state index < -0.39 is 17.0 Å². The molecule has 6 rings (SSSR count). The molecule has 1 saturated carbocycles. The Kier molecular flexibility index (Phi) is 5.48. The van der Waals surface area contributed by atoms with Crippen molar-refractivity contribution >= 4 is 11.6 Å². The van der Waals surface area contributed by atoms with Gasteiger partial charge in [0, 0.05) is 47.7 Å². The molecule has 3 heterocycles. The maximum absolute atomic E-state index is 15.3. The second kappa shape index (κ2) is 8.55. The Bertz CT molecular complexity index is 1280. The number of carbonyl (C=O) groups is 1. The van der Waals surface area contributed by atoms with Gasteiger partial charge in [0.2, 0.25) is 5.91 Å². The van der Waals surface area contributed by atoms with Gasteiger partial charge in [0.15, 0.2) is 0 Å². The van der Waals surface area contributed by atoms with Crippen LogP contribution < -0.4 is 4.90 Å². The van der Waals surface area contributed by atoms with E-state index in [0.29, 0.717) is 24.7 Å². The van der Waals surface area contributed by atoms with E-state index >= 15 is 8.78 Å². The molecule has 1 saturated heterocycles. The monoisotopic (exact) mass is 476 g/mol. The zero-order valence-electron chi connectivity index (χ0n) is 20.0. The lowest BCUT2D eigenvalue weighted by Gasteiger charge is -2.27. The van der Waals surface area contributed by atoms with Crippen molar-refractivity contribution in [3.8, 4) is 11.1 Å². The standard InChI is InChI=1S/C28H30F2N4O/c1-2-33-16-20(15-31-33)22-14-24(29)19(13-25(22)30)17-34-26-10-6-5-9-23(26)28(27(34)35)11-12-32(18-28)21-7-3-4-8-21/h5-6,9-10,13-16,21H,2-4,7-8,11-12,17-18H2,1H3. The van der Waals surface area contributed by atoms with Crippen molar-refractivity contribution in [2.45, 2.75) is 63.6 Å². The third-order valence-corrected chi connectivity index (χ3v) is 8.24. The average Bonchev–Trinajstić information content (AvgIpc) is 3.66. The molecule has 0 N–H and O–H groups in total. The predicted molar refractivity (Wildman–Crippen MR) is 131 cm³/mol. The Balaban J connectivity index is 1.31. The third kappa shape index (κ3) is 3.59. The molecule has 1 aliphatic carbocycles. The molecule has 1 atom stereocenters. The molecule has 2 fully saturated rings. The van der Waals surface area contributed by atoms with Crippen molar-refractivity contribution in [2.75, 3.05) is 18.0 Å². The summed E-state index contributed by atoms with van der Waals surface area (Å²) in [6.45, 7) is 4.21. The van der Waals surface area contributed by atoms with Gasteiger partial charge in [-0.05, 0) is 56.5 Å². The number of nitrogens with zero attached hydrogens (tertiary/aromatic N) is 4. The zero-order valence-corrected chi connectivity index (χ0v) is 20.0. The number of benzene rings is 2. The highest BCUT2D eigenvalue weighted by atomic mass is 19.1. The molecule has 7 heteroatoms. The second-order valence-corrected chi connectivity index (χ2v) is 10.2. The van der Waals surface area contributed by atoms with Crippen LogP contribution in [0.1, 0.15) is 50.2 Å². The van der Waals surface area contributed by atoms with Crippen LogP contribution in [0.25, 0.3) is 11.1 Å². The van der Waals surface area contributed by atoms with Crippen molar-refractivity contribution in [3.05, 3.63) is 71.6 Å². The van der Waals surface area contributed by atoms with E-state index in [9.17, 15) is 4.79 Å². The molecule has 35 heavy (non-hydrogen) atoms. The number of likely N-dealkylation sites (tertiary alicyclic amines) is 1. The summed E-state index contributed by atoms with van der Waals surface area (Å²) in [5.41, 5.74) is 2.14. The highest BCUT2D eigenvalue weighted by molar-refractivity contribution is 6.08. The van der Waals surface area contributed by atoms with E-state index in [2.05, 4.69) is 10.00 Å². The SMILES string of the molecule is CCn1cc(-c2cc(F)c(CN3C(=O)C4(CCN(C5CCCC5)C4)c4ccccc43)cc2F)cn1. The van der Waals surface area contributed by atoms with Crippen molar-refractivity contribution in [1.29, 1.82) is 0 Å². The van der Waals surface area contributed by atoms with Gasteiger partial charge in [-0.25, -0.2) is 8.78 Å². The normalized spacial score (nSPS) is 22.6. The van der Waals surface area contributed by atoms with Gasteiger partial charge in [0.25, 0.3) is 0 Å². The molecule has 0 bridgehead atoms. The summed E-state index contributed by atoms with van der Waals surface area (Å²) >= 11 is 0. The van der Waals surface area contributed by atoms with Crippen molar-refractivity contribution in [1.82, 2.24) is 14.7 Å². The minimum absolute atomic E-state index is 0.00676. The fourth-order valence-electron chi connectivity index (χ4n) is 6.34. The maximum Gasteiger partial charge on any atom is 0.239 e. The van der Waals surface area contributed by atoms with Crippen LogP contribution in [-0.4, -0.2) is 39.7 Å². The number of hydrogen-bond donors (Lipinski definition) is 0. The summed E-state index contributed by atoms with van der Waals surface area (Å²) in [7, 11) is 0. The topological polar surface area (TPSA) is 41.4 Å². The summed E-state index contributed by atoms with van der Waals surface area (Å²) in [5, 5.41) is 4.17. The van der Waals surface area contributed by atoms with Gasteiger partial charge in [-0.15, -0.1) is 0 Å². The summed E-state index contributed by atoms with van der Waals surface area (Å²) in [5.74, 6) is -1.02. The molecule has 2 aliphatic heterocycles. The second-order valence-electron chi connectivity index (χ2n) is 10.2. The quantitative estimate of drug-likeness (QED) is 0.503. The number of para-hydroxylation sites is 1. The first-order chi connectivity index (χ1) is 17.0. The predicted octanol–water partition coefficient (Wildman–Crippen LogP) is 5.28. The first kappa shape index (κ1) is 22.4. The van der Waals surface area contributed by atoms with Crippen molar-refractivity contribution in [3.63, 3.8) is 0 Å². The summed E-state index contributed by atoms with van der Waals surface area (Å²) < 4.78 is 32.0. The Hall–Kier alpha value is -3.06. The number of aryl methyl sites for hydroxylation is 1. The van der Waals surface area contributed by atoms with Crippen LogP contribution in [0.15, 0.2) is 48.8 Å². The fraction of sp³-hybridized carbons (Fsp3) is 0.429. The van der Waals surface area contributed by atoms with E-state index in [1.165, 1.54) is 37.8 Å². The highest BCUT2D eigenvalue weighted by Gasteiger charge is 2.55. The highest BCUT2D eigenvalue weighted by Crippen LogP contribution is 2.49. The maximum atomic E-state index is 15.3. The third-order valence-electron chi connectivity index (χ3n) is 8.24. The minimum atomic E-state index is -0.594. The Morgan fingerprint density at radius 3 is 2.69 bits per heavy atom. The van der Waals surface area contributed by atoms with Crippen LogP contribution in [0.4, 0.5) is 14.5 Å². The summed E-state index contributed by atoms with van der Waals surface area (Å²) in [6, 6.07) is 10.9. The van der Waals surface area contributed by atoms with E-state index in [-0.39, 0.29) is 23.6 Å². The van der Waals surface area contributed by atoms with E-state index in [1.807, 2.05) is 31.2 Å². The number of halogens is 2. The number of carbonyl (C=O) groups excluding carboxylic acids is 1. The van der Waals surface area contributed by atoms with Gasteiger partial charge in [0.05, 0.1) is 18.2 Å². The molecular weight excluding hydrogens is 446 g/mol. The van der Waals surface area contributed by atoms with Gasteiger partial charge >= 0.3 is 0 Å². The number of hydrogen-bond acceptors (Lipinski definition) is 3. The van der Waals surface area contributed by atoms with Gasteiger partial charge in [-0.2, -0.15) is 5.10 Å². The van der Waals surface area contributed by atoms with Crippen LogP contribution >= 0.6 is 0 Å². The molecule has 182 valence electrons. The van der Waals surface area contributed by atoms with E-state index in [1.54, 1.807) is 22.0 Å². The van der Waals surface area contributed by atoms with Crippen molar-refractivity contribution < 1.29 is 13.6 Å². The number of amides is 1. The Labute approximate surface area is 204 Å². The van der Waals surface area contributed by atoms with Crippen LogP contribution in [0, 0.1) is 11.6 Å². The smallest absolute Gasteiger partial charge is 0.239 e. The molecule has 5 nitrogen and oxygen atoms in total. The molecular formula is C28H30F2N4O. The molecule has 3 aromatic rings. The summed E-state index contributed by atoms with van der Waals surface area (Å²) in [4.78, 5) is 18.1. The van der Waals surface area contributed by atoms with Crippen LogP contribution in [0.2, 0.25) is 0 Å². The Morgan fingerprint density at radius 2 is 1.91 bits per heavy atom. The van der Waals surface area contributed by atoms with E-state index in [4.69, 9.17) is 0 Å². The van der Waals surface area contributed by atoms with Gasteiger partial charge < -0.3 is 4.90 Å². The first-order valence-electron chi connectivity index (χ1n) is 12.7. The molecule has 0 radical (unpaired) electrons. The molecule has 3 aliphatic rings. The van der Waals surface area contributed by atoms with Crippen LogP contribution in [0.5, 0.6) is 0 Å². The van der Waals surface area contributed by atoms with Gasteiger partial charge in [0.1, 0.15) is 11.6 Å². The molecule has 1 aromatic heterocycles. The fourth-order valence-corrected chi connectivity index (χ4v) is 6.34. The van der Waals surface area contributed by atoms with Gasteiger partial charge in [-0.1, -0.05) is 31.0 Å². The number of rotatable bonds is 5.